The van der Waals surface area contributed by atoms with Crippen molar-refractivity contribution in [2.45, 2.75) is 20.8 Å². The highest BCUT2D eigenvalue weighted by Crippen LogP contribution is 2.34. The Morgan fingerprint density at radius 1 is 0.875 bits per heavy atom. The van der Waals surface area contributed by atoms with Gasteiger partial charge >= 0.3 is 5.97 Å². The smallest absolute Gasteiger partial charge is 0.340 e. The molecule has 3 heteroatoms. The van der Waals surface area contributed by atoms with Crippen LogP contribution in [0.2, 0.25) is 0 Å². The van der Waals surface area contributed by atoms with Gasteiger partial charge in [-0.25, -0.2) is 4.79 Å². The van der Waals surface area contributed by atoms with E-state index < -0.39 is 0 Å². The molecule has 0 N–H and O–H groups in total. The standard InChI is InChI=1S/C21H21NO2/c1-14-10-12-18(13-11-14)22-15(2)19(17-8-6-5-7-9-17)20(16(22)3)21(23)24-4/h5-13H,1-4H3. The first kappa shape index (κ1) is 16.1. The van der Waals surface area contributed by atoms with Crippen molar-refractivity contribution in [3.8, 4) is 16.8 Å². The minimum Gasteiger partial charge on any atom is -0.465 e. The molecule has 24 heavy (non-hydrogen) atoms. The Morgan fingerprint density at radius 2 is 1.50 bits per heavy atom. The van der Waals surface area contributed by atoms with Gasteiger partial charge in [0, 0.05) is 22.6 Å². The van der Waals surface area contributed by atoms with Crippen LogP contribution >= 0.6 is 0 Å². The molecule has 3 rings (SSSR count). The van der Waals surface area contributed by atoms with Gasteiger partial charge in [0.25, 0.3) is 0 Å². The summed E-state index contributed by atoms with van der Waals surface area (Å²) in [5.41, 5.74) is 6.75. The summed E-state index contributed by atoms with van der Waals surface area (Å²) in [5.74, 6) is -0.305. The summed E-state index contributed by atoms with van der Waals surface area (Å²) in [7, 11) is 1.43. The maximum absolute atomic E-state index is 12.4. The molecule has 1 heterocycles. The molecule has 2 aromatic carbocycles. The second-order valence-corrected chi connectivity index (χ2v) is 5.95. The fourth-order valence-electron chi connectivity index (χ4n) is 3.23. The number of esters is 1. The van der Waals surface area contributed by atoms with Gasteiger partial charge in [-0.05, 0) is 38.5 Å². The Bertz CT molecular complexity index is 874. The minimum atomic E-state index is -0.305. The molecule has 0 saturated carbocycles. The maximum atomic E-state index is 12.4. The molecule has 0 saturated heterocycles. The lowest BCUT2D eigenvalue weighted by Gasteiger charge is -2.10. The van der Waals surface area contributed by atoms with Crippen LogP contribution in [-0.2, 0) is 4.74 Å². The van der Waals surface area contributed by atoms with Crippen molar-refractivity contribution in [3.05, 3.63) is 77.1 Å². The minimum absolute atomic E-state index is 0.305. The van der Waals surface area contributed by atoms with Crippen LogP contribution in [0.25, 0.3) is 16.8 Å². The molecule has 1 aromatic heterocycles. The highest BCUT2D eigenvalue weighted by molar-refractivity contribution is 6.00. The Balaban J connectivity index is 2.31. The summed E-state index contributed by atoms with van der Waals surface area (Å²) in [6, 6.07) is 18.3. The molecule has 0 radical (unpaired) electrons. The third-order valence-corrected chi connectivity index (χ3v) is 4.39. The summed E-state index contributed by atoms with van der Waals surface area (Å²) in [4.78, 5) is 12.4. The van der Waals surface area contributed by atoms with Gasteiger partial charge in [0.2, 0.25) is 0 Å². The van der Waals surface area contributed by atoms with Crippen LogP contribution in [0.1, 0.15) is 27.3 Å². The average Bonchev–Trinajstić information content (AvgIpc) is 2.86. The maximum Gasteiger partial charge on any atom is 0.340 e. The number of benzene rings is 2. The van der Waals surface area contributed by atoms with E-state index in [1.54, 1.807) is 0 Å². The third kappa shape index (κ3) is 2.62. The number of aryl methyl sites for hydroxylation is 1. The van der Waals surface area contributed by atoms with E-state index in [2.05, 4.69) is 35.8 Å². The Labute approximate surface area is 142 Å². The number of hydrogen-bond acceptors (Lipinski definition) is 2. The number of nitrogens with zero attached hydrogens (tertiary/aromatic N) is 1. The molecule has 3 nitrogen and oxygen atoms in total. The molecule has 0 aliphatic heterocycles. The van der Waals surface area contributed by atoms with Gasteiger partial charge in [-0.15, -0.1) is 0 Å². The molecular formula is C21H21NO2. The number of ether oxygens (including phenoxy) is 1. The van der Waals surface area contributed by atoms with E-state index in [1.165, 1.54) is 12.7 Å². The molecular weight excluding hydrogens is 298 g/mol. The van der Waals surface area contributed by atoms with Crippen molar-refractivity contribution < 1.29 is 9.53 Å². The van der Waals surface area contributed by atoms with E-state index in [9.17, 15) is 4.79 Å². The molecule has 3 aromatic rings. The molecule has 0 amide bonds. The summed E-state index contributed by atoms with van der Waals surface area (Å²) < 4.78 is 7.17. The fraction of sp³-hybridized carbons (Fsp3) is 0.190. The molecule has 0 aliphatic carbocycles. The number of rotatable bonds is 3. The quantitative estimate of drug-likeness (QED) is 0.646. The van der Waals surface area contributed by atoms with Gasteiger partial charge in [-0.2, -0.15) is 0 Å². The van der Waals surface area contributed by atoms with Crippen LogP contribution in [0.15, 0.2) is 54.6 Å². The van der Waals surface area contributed by atoms with Gasteiger partial charge < -0.3 is 9.30 Å². The van der Waals surface area contributed by atoms with Crippen molar-refractivity contribution in [2.75, 3.05) is 7.11 Å². The van der Waals surface area contributed by atoms with Crippen LogP contribution in [0.5, 0.6) is 0 Å². The van der Waals surface area contributed by atoms with E-state index >= 15 is 0 Å². The summed E-state index contributed by atoms with van der Waals surface area (Å²) in [6.07, 6.45) is 0. The highest BCUT2D eigenvalue weighted by Gasteiger charge is 2.25. The third-order valence-electron chi connectivity index (χ3n) is 4.39. The van der Waals surface area contributed by atoms with Crippen molar-refractivity contribution in [2.24, 2.45) is 0 Å². The Hall–Kier alpha value is -2.81. The SMILES string of the molecule is COC(=O)c1c(-c2ccccc2)c(C)n(-c2ccc(C)cc2)c1C. The zero-order valence-corrected chi connectivity index (χ0v) is 14.5. The van der Waals surface area contributed by atoms with Crippen LogP contribution < -0.4 is 0 Å². The lowest BCUT2D eigenvalue weighted by atomic mass is 10.0. The zero-order chi connectivity index (χ0) is 17.3. The van der Waals surface area contributed by atoms with E-state index in [4.69, 9.17) is 4.74 Å². The van der Waals surface area contributed by atoms with Gasteiger partial charge in [0.05, 0.1) is 12.7 Å². The van der Waals surface area contributed by atoms with Gasteiger partial charge in [-0.1, -0.05) is 48.0 Å². The molecule has 0 unspecified atom stereocenters. The van der Waals surface area contributed by atoms with Crippen LogP contribution in [0.3, 0.4) is 0 Å². The predicted molar refractivity (Wildman–Crippen MR) is 96.8 cm³/mol. The normalized spacial score (nSPS) is 10.7. The van der Waals surface area contributed by atoms with Crippen LogP contribution in [-0.4, -0.2) is 17.6 Å². The van der Waals surface area contributed by atoms with Crippen molar-refractivity contribution in [1.82, 2.24) is 4.57 Å². The lowest BCUT2D eigenvalue weighted by molar-refractivity contribution is 0.0601. The summed E-state index contributed by atoms with van der Waals surface area (Å²) >= 11 is 0. The number of carbonyl (C=O) groups is 1. The van der Waals surface area contributed by atoms with Gasteiger partial charge in [-0.3, -0.25) is 0 Å². The number of hydrogen-bond donors (Lipinski definition) is 0. The molecule has 0 bridgehead atoms. The number of methoxy groups -OCH3 is 1. The second-order valence-electron chi connectivity index (χ2n) is 5.95. The van der Waals surface area contributed by atoms with Crippen molar-refractivity contribution >= 4 is 5.97 Å². The van der Waals surface area contributed by atoms with Gasteiger partial charge in [0.15, 0.2) is 0 Å². The summed E-state index contributed by atoms with van der Waals surface area (Å²) in [5, 5.41) is 0. The first-order valence-electron chi connectivity index (χ1n) is 7.97. The Kier molecular flexibility index (Phi) is 4.26. The van der Waals surface area contributed by atoms with E-state index in [-0.39, 0.29) is 5.97 Å². The number of aromatic nitrogens is 1. The van der Waals surface area contributed by atoms with E-state index in [0.29, 0.717) is 5.56 Å². The van der Waals surface area contributed by atoms with E-state index in [0.717, 1.165) is 28.2 Å². The second kappa shape index (κ2) is 6.36. The average molecular weight is 319 g/mol. The molecule has 0 spiro atoms. The number of carbonyl (C=O) groups excluding carboxylic acids is 1. The van der Waals surface area contributed by atoms with Crippen molar-refractivity contribution in [1.29, 1.82) is 0 Å². The van der Waals surface area contributed by atoms with Crippen LogP contribution in [0, 0.1) is 20.8 Å². The topological polar surface area (TPSA) is 31.2 Å². The lowest BCUT2D eigenvalue weighted by Crippen LogP contribution is -2.05. The predicted octanol–water partition coefficient (Wildman–Crippen LogP) is 4.86. The molecule has 0 aliphatic rings. The zero-order valence-electron chi connectivity index (χ0n) is 14.5. The van der Waals surface area contributed by atoms with E-state index in [1.807, 2.05) is 44.2 Å². The monoisotopic (exact) mass is 319 g/mol. The fourth-order valence-corrected chi connectivity index (χ4v) is 3.23. The molecule has 122 valence electrons. The largest absolute Gasteiger partial charge is 0.465 e. The van der Waals surface area contributed by atoms with Gasteiger partial charge in [0.1, 0.15) is 0 Å². The molecule has 0 fully saturated rings. The highest BCUT2D eigenvalue weighted by atomic mass is 16.5. The van der Waals surface area contributed by atoms with Crippen LogP contribution in [0.4, 0.5) is 0 Å². The first-order chi connectivity index (χ1) is 11.5. The first-order valence-corrected chi connectivity index (χ1v) is 7.97. The molecule has 0 atom stereocenters. The van der Waals surface area contributed by atoms with Crippen molar-refractivity contribution in [3.63, 3.8) is 0 Å². The Morgan fingerprint density at radius 3 is 2.08 bits per heavy atom. The summed E-state index contributed by atoms with van der Waals surface area (Å²) in [6.45, 7) is 6.07.